The van der Waals surface area contributed by atoms with Crippen LogP contribution < -0.4 is 14.4 Å². The number of Topliss-reactive ketones (excluding diaryl/α,β-unsaturated/α-hetero) is 1. The predicted molar refractivity (Wildman–Crippen MR) is 145 cm³/mol. The second-order valence-corrected chi connectivity index (χ2v) is 10.0. The highest BCUT2D eigenvalue weighted by atomic mass is 32.1. The first-order valence-electron chi connectivity index (χ1n) is 11.7. The van der Waals surface area contributed by atoms with Crippen LogP contribution in [0.25, 0.3) is 16.0 Å². The molecule has 1 aliphatic heterocycles. The smallest absolute Gasteiger partial charge is 0.301 e. The van der Waals surface area contributed by atoms with Gasteiger partial charge in [0, 0.05) is 0 Å². The van der Waals surface area contributed by atoms with Gasteiger partial charge in [0.05, 0.1) is 36.1 Å². The Hall–Kier alpha value is -4.17. The van der Waals surface area contributed by atoms with Gasteiger partial charge in [-0.05, 0) is 61.7 Å². The van der Waals surface area contributed by atoms with E-state index >= 15 is 0 Å². The molecule has 3 aromatic carbocycles. The Balaban J connectivity index is 1.79. The van der Waals surface area contributed by atoms with E-state index in [0.717, 1.165) is 26.9 Å². The molecular weight excluding hydrogens is 488 g/mol. The lowest BCUT2D eigenvalue weighted by molar-refractivity contribution is -0.132. The fraction of sp³-hybridized carbons (Fsp3) is 0.207. The van der Waals surface area contributed by atoms with E-state index < -0.39 is 17.7 Å². The van der Waals surface area contributed by atoms with Gasteiger partial charge in [0.15, 0.2) is 5.13 Å². The number of rotatable bonds is 5. The van der Waals surface area contributed by atoms with Crippen LogP contribution in [-0.2, 0) is 9.59 Å². The first kappa shape index (κ1) is 24.5. The van der Waals surface area contributed by atoms with Crippen molar-refractivity contribution in [3.05, 3.63) is 88.0 Å². The molecule has 188 valence electrons. The summed E-state index contributed by atoms with van der Waals surface area (Å²) in [6.07, 6.45) is 0. The third-order valence-electron chi connectivity index (χ3n) is 6.67. The van der Waals surface area contributed by atoms with Gasteiger partial charge in [-0.25, -0.2) is 4.98 Å². The molecule has 2 heterocycles. The lowest BCUT2D eigenvalue weighted by Gasteiger charge is -2.23. The van der Waals surface area contributed by atoms with Gasteiger partial charge < -0.3 is 14.6 Å². The Morgan fingerprint density at radius 2 is 1.59 bits per heavy atom. The van der Waals surface area contributed by atoms with Crippen LogP contribution in [0.4, 0.5) is 5.13 Å². The Bertz CT molecular complexity index is 1540. The normalized spacial score (nSPS) is 17.0. The molecule has 4 aromatic rings. The van der Waals surface area contributed by atoms with E-state index in [2.05, 4.69) is 0 Å². The number of aliphatic hydroxyl groups excluding tert-OH is 1. The first-order valence-corrected chi connectivity index (χ1v) is 12.5. The van der Waals surface area contributed by atoms with Crippen LogP contribution in [0.15, 0.2) is 60.2 Å². The number of thiazole rings is 1. The lowest BCUT2D eigenvalue weighted by Crippen LogP contribution is -2.29. The summed E-state index contributed by atoms with van der Waals surface area (Å²) in [5.41, 5.74) is 4.74. The number of carbonyl (C=O) groups excluding carboxylic acids is 2. The number of carbonyl (C=O) groups is 2. The SMILES string of the molecule is COc1cccc(OC)c1/C(O)=C1\C(=O)C(=O)N(c2nc3cc(C)c(C)cc3s2)C1c1cccc(C)c1. The number of aliphatic hydroxyl groups is 1. The highest BCUT2D eigenvalue weighted by Crippen LogP contribution is 2.46. The maximum Gasteiger partial charge on any atom is 0.301 e. The molecule has 1 amide bonds. The molecule has 1 fully saturated rings. The van der Waals surface area contributed by atoms with Gasteiger partial charge in [0.1, 0.15) is 22.8 Å². The second-order valence-electron chi connectivity index (χ2n) is 9.02. The second kappa shape index (κ2) is 9.37. The van der Waals surface area contributed by atoms with Gasteiger partial charge in [0.2, 0.25) is 0 Å². The number of anilines is 1. The summed E-state index contributed by atoms with van der Waals surface area (Å²) in [5.74, 6) is -1.29. The monoisotopic (exact) mass is 514 g/mol. The molecule has 7 nitrogen and oxygen atoms in total. The Kier molecular flexibility index (Phi) is 6.21. The van der Waals surface area contributed by atoms with Crippen molar-refractivity contribution < 1.29 is 24.2 Å². The molecule has 1 saturated heterocycles. The molecule has 0 bridgehead atoms. The molecule has 1 unspecified atom stereocenters. The molecule has 0 saturated carbocycles. The van der Waals surface area contributed by atoms with Gasteiger partial charge in [-0.15, -0.1) is 0 Å². The number of aryl methyl sites for hydroxylation is 3. The average molecular weight is 515 g/mol. The number of ketones is 1. The van der Waals surface area contributed by atoms with Crippen LogP contribution in [-0.4, -0.2) is 36.0 Å². The molecule has 1 aromatic heterocycles. The van der Waals surface area contributed by atoms with Gasteiger partial charge in [-0.2, -0.15) is 0 Å². The fourth-order valence-corrected chi connectivity index (χ4v) is 5.75. The fourth-order valence-electron chi connectivity index (χ4n) is 4.68. The Labute approximate surface area is 218 Å². The summed E-state index contributed by atoms with van der Waals surface area (Å²) in [6, 6.07) is 15.7. The standard InChI is InChI=1S/C29H26N2O5S/c1-15-8-6-9-18(12-15)25-24(26(32)23-20(35-4)10-7-11-21(23)36-5)27(33)28(34)31(25)29-30-19-13-16(2)17(3)14-22(19)37-29/h6-14,25,32H,1-5H3/b26-24+. The zero-order valence-corrected chi connectivity index (χ0v) is 22.0. The van der Waals surface area contributed by atoms with Crippen LogP contribution in [0.3, 0.4) is 0 Å². The predicted octanol–water partition coefficient (Wildman–Crippen LogP) is 5.87. The summed E-state index contributed by atoms with van der Waals surface area (Å²) in [6.45, 7) is 5.96. The quantitative estimate of drug-likeness (QED) is 0.204. The van der Waals surface area contributed by atoms with Crippen molar-refractivity contribution >= 4 is 44.1 Å². The third kappa shape index (κ3) is 4.03. The molecule has 0 spiro atoms. The molecule has 1 aliphatic rings. The van der Waals surface area contributed by atoms with E-state index in [1.165, 1.54) is 30.5 Å². The maximum absolute atomic E-state index is 13.6. The summed E-state index contributed by atoms with van der Waals surface area (Å²) in [4.78, 5) is 33.3. The third-order valence-corrected chi connectivity index (χ3v) is 7.68. The van der Waals surface area contributed by atoms with Crippen LogP contribution >= 0.6 is 11.3 Å². The van der Waals surface area contributed by atoms with E-state index in [-0.39, 0.29) is 16.9 Å². The van der Waals surface area contributed by atoms with Gasteiger partial charge in [-0.1, -0.05) is 47.2 Å². The Morgan fingerprint density at radius 3 is 2.24 bits per heavy atom. The molecule has 5 rings (SSSR count). The molecule has 37 heavy (non-hydrogen) atoms. The van der Waals surface area contributed by atoms with Crippen LogP contribution in [0.5, 0.6) is 11.5 Å². The largest absolute Gasteiger partial charge is 0.506 e. The van der Waals surface area contributed by atoms with E-state index in [9.17, 15) is 14.7 Å². The van der Waals surface area contributed by atoms with Crippen LogP contribution in [0.2, 0.25) is 0 Å². The van der Waals surface area contributed by atoms with Gasteiger partial charge in [0.25, 0.3) is 5.78 Å². The minimum atomic E-state index is -0.891. The van der Waals surface area contributed by atoms with Crippen molar-refractivity contribution in [3.63, 3.8) is 0 Å². The summed E-state index contributed by atoms with van der Waals surface area (Å²) in [5, 5.41) is 12.0. The number of nitrogens with zero attached hydrogens (tertiary/aromatic N) is 2. The van der Waals surface area contributed by atoms with Crippen molar-refractivity contribution in [3.8, 4) is 11.5 Å². The van der Waals surface area contributed by atoms with Gasteiger partial charge >= 0.3 is 5.91 Å². The highest BCUT2D eigenvalue weighted by Gasteiger charge is 2.48. The maximum atomic E-state index is 13.6. The summed E-state index contributed by atoms with van der Waals surface area (Å²) in [7, 11) is 2.93. The van der Waals surface area contributed by atoms with E-state index in [1.54, 1.807) is 18.2 Å². The number of aromatic nitrogens is 1. The van der Waals surface area contributed by atoms with Crippen LogP contribution in [0.1, 0.15) is 33.9 Å². The van der Waals surface area contributed by atoms with E-state index in [4.69, 9.17) is 14.5 Å². The van der Waals surface area contributed by atoms with Crippen molar-refractivity contribution in [1.29, 1.82) is 0 Å². The molecule has 1 atom stereocenters. The molecule has 8 heteroatoms. The topological polar surface area (TPSA) is 89.0 Å². The minimum absolute atomic E-state index is 0.0509. The van der Waals surface area contributed by atoms with E-state index in [1.807, 2.05) is 57.2 Å². The van der Waals surface area contributed by atoms with Crippen molar-refractivity contribution in [2.45, 2.75) is 26.8 Å². The number of methoxy groups -OCH3 is 2. The van der Waals surface area contributed by atoms with Crippen molar-refractivity contribution in [2.24, 2.45) is 0 Å². The molecule has 1 N–H and O–H groups in total. The molecule has 0 aliphatic carbocycles. The van der Waals surface area contributed by atoms with Crippen molar-refractivity contribution in [1.82, 2.24) is 4.98 Å². The zero-order valence-electron chi connectivity index (χ0n) is 21.2. The van der Waals surface area contributed by atoms with Crippen LogP contribution in [0, 0.1) is 20.8 Å². The lowest BCUT2D eigenvalue weighted by atomic mass is 9.94. The van der Waals surface area contributed by atoms with Gasteiger partial charge in [-0.3, -0.25) is 14.5 Å². The zero-order chi connectivity index (χ0) is 26.4. The Morgan fingerprint density at radius 1 is 0.946 bits per heavy atom. The molecular formula is C29H26N2O5S. The number of hydrogen-bond acceptors (Lipinski definition) is 7. The number of amides is 1. The number of ether oxygens (including phenoxy) is 2. The van der Waals surface area contributed by atoms with Crippen molar-refractivity contribution in [2.75, 3.05) is 19.1 Å². The number of hydrogen-bond donors (Lipinski definition) is 1. The first-order chi connectivity index (χ1) is 17.7. The average Bonchev–Trinajstić information content (AvgIpc) is 3.40. The van der Waals surface area contributed by atoms with E-state index in [0.29, 0.717) is 22.2 Å². The molecule has 0 radical (unpaired) electrons. The summed E-state index contributed by atoms with van der Waals surface area (Å²) >= 11 is 1.34. The number of fused-ring (bicyclic) bond motifs is 1. The summed E-state index contributed by atoms with van der Waals surface area (Å²) < 4.78 is 11.9. The highest BCUT2D eigenvalue weighted by molar-refractivity contribution is 7.22. The number of benzene rings is 3. The minimum Gasteiger partial charge on any atom is -0.506 e.